The molecule has 55 heavy (non-hydrogen) atoms. The molecule has 2 heterocycles. The van der Waals surface area contributed by atoms with Crippen LogP contribution in [0.4, 0.5) is 9.59 Å². The summed E-state index contributed by atoms with van der Waals surface area (Å²) >= 11 is 0. The average molecular weight is 754 g/mol. The van der Waals surface area contributed by atoms with Gasteiger partial charge in [0, 0.05) is 32.0 Å². The van der Waals surface area contributed by atoms with Crippen molar-refractivity contribution in [2.45, 2.75) is 90.6 Å². The highest BCUT2D eigenvalue weighted by Gasteiger charge is 2.38. The molecule has 3 aliphatic rings. The van der Waals surface area contributed by atoms with Gasteiger partial charge in [-0.3, -0.25) is 14.6 Å². The Bertz CT molecular complexity index is 1840. The maximum atomic E-state index is 13.6. The first-order valence-electron chi connectivity index (χ1n) is 19.0. The largest absolute Gasteiger partial charge is 0.453 e. The minimum absolute atomic E-state index is 0.0126. The second-order valence-electron chi connectivity index (χ2n) is 15.0. The highest BCUT2D eigenvalue weighted by atomic mass is 16.5. The average Bonchev–Trinajstić information content (AvgIpc) is 3.99. The normalized spacial score (nSPS) is 18.8. The zero-order chi connectivity index (χ0) is 39.8. The molecular weight excluding hydrogens is 699 g/mol. The number of hydrogen-bond donors (Lipinski definition) is 3. The summed E-state index contributed by atoms with van der Waals surface area (Å²) in [5.41, 5.74) is 8.74. The molecule has 3 N–H and O–H groups in total. The molecule has 0 bridgehead atoms. The van der Waals surface area contributed by atoms with Crippen molar-refractivity contribution < 1.29 is 33.4 Å². The Morgan fingerprint density at radius 2 is 1.27 bits per heavy atom. The van der Waals surface area contributed by atoms with Crippen molar-refractivity contribution in [2.75, 3.05) is 27.9 Å². The number of ether oxygens (including phenoxy) is 3. The quantitative estimate of drug-likeness (QED) is 0.199. The summed E-state index contributed by atoms with van der Waals surface area (Å²) in [6, 6.07) is 15.1. The summed E-state index contributed by atoms with van der Waals surface area (Å²) in [5, 5.41) is 8.38. The number of benzene rings is 2. The van der Waals surface area contributed by atoms with Gasteiger partial charge in [0.05, 0.1) is 32.4 Å². The van der Waals surface area contributed by atoms with Gasteiger partial charge in [0.15, 0.2) is 0 Å². The first kappa shape index (κ1) is 40.9. The number of nitrogens with zero attached hydrogens (tertiary/aromatic N) is 2. The Hall–Kier alpha value is -5.23. The molecule has 5 rings (SSSR count). The van der Waals surface area contributed by atoms with Crippen molar-refractivity contribution in [3.05, 3.63) is 83.6 Å². The van der Waals surface area contributed by atoms with Crippen LogP contribution < -0.4 is 16.0 Å². The van der Waals surface area contributed by atoms with Crippen LogP contribution in [0, 0.1) is 11.8 Å². The fourth-order valence-corrected chi connectivity index (χ4v) is 7.43. The zero-order valence-corrected chi connectivity index (χ0v) is 33.2. The van der Waals surface area contributed by atoms with E-state index in [1.54, 1.807) is 6.92 Å². The van der Waals surface area contributed by atoms with E-state index in [4.69, 9.17) is 19.2 Å². The zero-order valence-electron chi connectivity index (χ0n) is 33.2. The molecule has 0 radical (unpaired) electrons. The van der Waals surface area contributed by atoms with Gasteiger partial charge in [-0.1, -0.05) is 88.4 Å². The van der Waals surface area contributed by atoms with Crippen LogP contribution in [-0.4, -0.2) is 92.8 Å². The van der Waals surface area contributed by atoms with Crippen LogP contribution in [0.5, 0.6) is 0 Å². The van der Waals surface area contributed by atoms with Gasteiger partial charge in [-0.25, -0.2) is 9.59 Å². The lowest BCUT2D eigenvalue weighted by atomic mass is 9.92. The van der Waals surface area contributed by atoms with Crippen molar-refractivity contribution >= 4 is 40.9 Å². The minimum atomic E-state index is -0.930. The van der Waals surface area contributed by atoms with Crippen LogP contribution in [-0.2, 0) is 23.8 Å². The standard InChI is InChI=1S/C43H55N5O7/c1-25(2)37(45-40(49)39(27(5)53-6)47-43(52)55-8)35-23-34(24-44-35)31-17-13-29(14-18-31)28-11-15-30(16-12-28)32-19-20-33(22-32)36-10-9-21-48(36)41(50)38(26(3)4)46-42(51)54-7/h11-20,24-27,36-39H,9-10,21-23H2,1-8H3,(H,45,49)(H,46,51)(H,47,52)/t27-,36+,37+,38+,39+/m1/s1. The number of amides is 4. The van der Waals surface area contributed by atoms with Gasteiger partial charge >= 0.3 is 12.2 Å². The van der Waals surface area contributed by atoms with E-state index in [0.29, 0.717) is 13.0 Å². The number of methoxy groups -OCH3 is 3. The van der Waals surface area contributed by atoms with E-state index in [9.17, 15) is 19.2 Å². The third kappa shape index (κ3) is 9.72. The molecule has 2 aromatic rings. The van der Waals surface area contributed by atoms with Gasteiger partial charge in [0.2, 0.25) is 11.8 Å². The van der Waals surface area contributed by atoms with Gasteiger partial charge < -0.3 is 35.1 Å². The van der Waals surface area contributed by atoms with E-state index in [-0.39, 0.29) is 35.7 Å². The van der Waals surface area contributed by atoms with Crippen LogP contribution in [0.1, 0.15) is 71.4 Å². The van der Waals surface area contributed by atoms with E-state index in [1.165, 1.54) is 32.5 Å². The van der Waals surface area contributed by atoms with Crippen LogP contribution >= 0.6 is 0 Å². The molecule has 2 aliphatic heterocycles. The van der Waals surface area contributed by atoms with Crippen LogP contribution in [0.15, 0.2) is 77.4 Å². The van der Waals surface area contributed by atoms with Gasteiger partial charge in [0.1, 0.15) is 12.1 Å². The monoisotopic (exact) mass is 753 g/mol. The molecule has 2 aromatic carbocycles. The molecule has 5 atom stereocenters. The predicted molar refractivity (Wildman–Crippen MR) is 214 cm³/mol. The third-order valence-electron chi connectivity index (χ3n) is 10.8. The van der Waals surface area contributed by atoms with Crippen LogP contribution in [0.3, 0.4) is 0 Å². The predicted octanol–water partition coefficient (Wildman–Crippen LogP) is 6.52. The number of rotatable bonds is 14. The highest BCUT2D eigenvalue weighted by Crippen LogP contribution is 2.37. The van der Waals surface area contributed by atoms with Gasteiger partial charge in [-0.15, -0.1) is 0 Å². The second kappa shape index (κ2) is 18.4. The Morgan fingerprint density at radius 1 is 0.709 bits per heavy atom. The number of nitrogens with one attached hydrogen (secondary N) is 3. The van der Waals surface area contributed by atoms with E-state index in [0.717, 1.165) is 52.8 Å². The summed E-state index contributed by atoms with van der Waals surface area (Å²) in [6.07, 6.45) is 7.50. The van der Waals surface area contributed by atoms with Gasteiger partial charge in [-0.2, -0.15) is 0 Å². The molecule has 0 aromatic heterocycles. The SMILES string of the molecule is COC(=O)N[C@H](C(=O)N1CCC[C@H]1C1=CC=C(c2ccc(-c3ccc(C4=CN=C([C@@H](NC(=O)[C@@H](NC(=O)OC)[C@@H](C)OC)C(C)C)C4)cc3)cc2)C1)C(C)C. The van der Waals surface area contributed by atoms with Gasteiger partial charge in [-0.05, 0) is 77.0 Å². The van der Waals surface area contributed by atoms with Crippen LogP contribution in [0.2, 0.25) is 0 Å². The van der Waals surface area contributed by atoms with Crippen molar-refractivity contribution in [2.24, 2.45) is 16.8 Å². The smallest absolute Gasteiger partial charge is 0.407 e. The Labute approximate surface area is 324 Å². The van der Waals surface area contributed by atoms with Crippen molar-refractivity contribution in [3.8, 4) is 11.1 Å². The summed E-state index contributed by atoms with van der Waals surface area (Å²) in [4.78, 5) is 57.4. The summed E-state index contributed by atoms with van der Waals surface area (Å²) in [6.45, 7) is 10.3. The molecular formula is C43H55N5O7. The molecule has 1 aliphatic carbocycles. The molecule has 0 saturated carbocycles. The molecule has 1 saturated heterocycles. The topological polar surface area (TPSA) is 148 Å². The minimum Gasteiger partial charge on any atom is -0.453 e. The second-order valence-corrected chi connectivity index (χ2v) is 15.0. The molecule has 4 amide bonds. The first-order valence-corrected chi connectivity index (χ1v) is 19.0. The molecule has 0 unspecified atom stereocenters. The molecule has 0 spiro atoms. The summed E-state index contributed by atoms with van der Waals surface area (Å²) in [5.74, 6) is -0.445. The Morgan fingerprint density at radius 3 is 1.82 bits per heavy atom. The van der Waals surface area contributed by atoms with Gasteiger partial charge in [0.25, 0.3) is 0 Å². The van der Waals surface area contributed by atoms with E-state index >= 15 is 0 Å². The Kier molecular flexibility index (Phi) is 13.7. The summed E-state index contributed by atoms with van der Waals surface area (Å²) in [7, 11) is 4.04. The van der Waals surface area contributed by atoms with Crippen LogP contribution in [0.25, 0.3) is 22.3 Å². The van der Waals surface area contributed by atoms with E-state index < -0.39 is 30.4 Å². The van der Waals surface area contributed by atoms with Crippen molar-refractivity contribution in [1.29, 1.82) is 0 Å². The first-order chi connectivity index (χ1) is 26.3. The molecule has 12 heteroatoms. The van der Waals surface area contributed by atoms with E-state index in [2.05, 4.69) is 76.6 Å². The molecule has 294 valence electrons. The lowest BCUT2D eigenvalue weighted by molar-refractivity contribution is -0.134. The van der Waals surface area contributed by atoms with Crippen molar-refractivity contribution in [3.63, 3.8) is 0 Å². The number of alkyl carbamates (subject to hydrolysis) is 2. The maximum absolute atomic E-state index is 13.6. The number of allylic oxidation sites excluding steroid dienone is 4. The fourth-order valence-electron chi connectivity index (χ4n) is 7.43. The molecule has 12 nitrogen and oxygen atoms in total. The maximum Gasteiger partial charge on any atom is 0.407 e. The number of carbonyl (C=O) groups excluding carboxylic acids is 4. The Balaban J connectivity index is 1.17. The summed E-state index contributed by atoms with van der Waals surface area (Å²) < 4.78 is 14.8. The fraction of sp³-hybridized carbons (Fsp3) is 0.465. The highest BCUT2D eigenvalue weighted by molar-refractivity contribution is 6.03. The lowest BCUT2D eigenvalue weighted by Gasteiger charge is -2.31. The van der Waals surface area contributed by atoms with Crippen molar-refractivity contribution in [1.82, 2.24) is 20.9 Å². The number of likely N-dealkylation sites (tertiary alicyclic amines) is 1. The number of hydrogen-bond acceptors (Lipinski definition) is 8. The number of aliphatic imine (C=N–C) groups is 1. The number of carbonyl (C=O) groups is 4. The lowest BCUT2D eigenvalue weighted by Crippen LogP contribution is -2.57. The molecule has 1 fully saturated rings. The third-order valence-corrected chi connectivity index (χ3v) is 10.8. The van der Waals surface area contributed by atoms with E-state index in [1.807, 2.05) is 38.8 Å².